The first-order chi connectivity index (χ1) is 21.1. The predicted molar refractivity (Wildman–Crippen MR) is 150 cm³/mol. The smallest absolute Gasteiger partial charge is 1.00 e. The van der Waals surface area contributed by atoms with Gasteiger partial charge in [0.05, 0.1) is 77.2 Å². The number of hydrogen-bond donors (Lipinski definition) is 0. The zero-order valence-corrected chi connectivity index (χ0v) is 27.5. The molecule has 2 heterocycles. The van der Waals surface area contributed by atoms with Gasteiger partial charge in [-0.15, -0.1) is 0 Å². The monoisotopic (exact) mass is 790 g/mol. The molecule has 0 aliphatic heterocycles. The number of hydrogen-bond acceptors (Lipinski definition) is 12. The van der Waals surface area contributed by atoms with E-state index in [1.54, 1.807) is 50.9 Å². The Bertz CT molecular complexity index is 970. The van der Waals surface area contributed by atoms with Gasteiger partial charge in [0.15, 0.2) is 0 Å². The van der Waals surface area contributed by atoms with Gasteiger partial charge >= 0.3 is 67.3 Å². The van der Waals surface area contributed by atoms with Crippen LogP contribution in [0.1, 0.15) is 20.7 Å². The molecule has 0 bridgehead atoms. The van der Waals surface area contributed by atoms with Gasteiger partial charge in [0.2, 0.25) is 0 Å². The first-order valence-electron chi connectivity index (χ1n) is 13.1. The molecule has 20 heteroatoms. The van der Waals surface area contributed by atoms with E-state index >= 15 is 0 Å². The molecule has 0 radical (unpaired) electrons. The van der Waals surface area contributed by atoms with E-state index in [2.05, 4.69) is 9.97 Å². The van der Waals surface area contributed by atoms with Crippen LogP contribution in [0, 0.1) is 0 Å². The van der Waals surface area contributed by atoms with Crippen LogP contribution in [-0.4, -0.2) is 115 Å². The number of pyridine rings is 2. The summed E-state index contributed by atoms with van der Waals surface area (Å²) >= 11 is 0. The van der Waals surface area contributed by atoms with Gasteiger partial charge in [0.25, 0.3) is 0 Å². The Kier molecular flexibility index (Phi) is 24.8. The van der Waals surface area contributed by atoms with Crippen molar-refractivity contribution in [2.24, 2.45) is 0 Å². The topological polar surface area (TPSA) is 134 Å². The quantitative estimate of drug-likeness (QED) is 0.0573. The van der Waals surface area contributed by atoms with Crippen LogP contribution in [0.5, 0.6) is 0 Å². The third-order valence-corrected chi connectivity index (χ3v) is 4.32. The number of carbonyl (C=O) groups is 2. The zero-order valence-electron chi connectivity index (χ0n) is 25.1. The molecule has 2 aromatic heterocycles. The first kappa shape index (κ1) is 45.9. The van der Waals surface area contributed by atoms with Crippen molar-refractivity contribution in [3.63, 3.8) is 0 Å². The van der Waals surface area contributed by atoms with Gasteiger partial charge in [-0.3, -0.25) is 9.97 Å². The number of aromatic nitrogens is 2. The van der Waals surface area contributed by atoms with Gasteiger partial charge < -0.3 is 37.9 Å². The largest absolute Gasteiger partial charge is 1.00 e. The van der Waals surface area contributed by atoms with Crippen molar-refractivity contribution in [2.75, 3.05) is 93.5 Å². The van der Waals surface area contributed by atoms with Gasteiger partial charge in [0.1, 0.15) is 13.2 Å². The number of methoxy groups -OCH3 is 2. The summed E-state index contributed by atoms with van der Waals surface area (Å²) in [6.45, 7) is 5.30. The summed E-state index contributed by atoms with van der Waals surface area (Å²) in [5.41, 5.74) is 0.871. The molecule has 0 aromatic carbocycles. The number of halogens is 6. The average Bonchev–Trinajstić information content (AvgIpc) is 2.99. The van der Waals surface area contributed by atoms with E-state index in [4.69, 9.17) is 37.9 Å². The molecule has 2 rings (SSSR count). The molecule has 2 aromatic rings. The minimum atomic E-state index is -10.7. The van der Waals surface area contributed by atoms with Crippen LogP contribution in [0.4, 0.5) is 25.2 Å². The fourth-order valence-electron chi connectivity index (χ4n) is 2.45. The van der Waals surface area contributed by atoms with Crippen LogP contribution >= 0.6 is 7.81 Å². The summed E-state index contributed by atoms with van der Waals surface area (Å²) in [6.07, 6.45) is 6.13. The normalized spacial score (nSPS) is 12.1. The Morgan fingerprint density at radius 3 is 1.11 bits per heavy atom. The van der Waals surface area contributed by atoms with Crippen LogP contribution in [0.3, 0.4) is 0 Å². The maximum absolute atomic E-state index is 11.5. The molecule has 0 fully saturated rings. The minimum Gasteiger partial charge on any atom is 1.00 e. The average molecular weight is 791 g/mol. The number of rotatable bonds is 20. The Morgan fingerprint density at radius 2 is 0.848 bits per heavy atom. The number of ether oxygens (including phenoxy) is 8. The van der Waals surface area contributed by atoms with E-state index in [9.17, 15) is 34.8 Å². The fraction of sp³-hybridized carbons (Fsp3) is 0.538. The molecular weight excluding hydrogens is 753 g/mol. The summed E-state index contributed by atoms with van der Waals surface area (Å²) in [5, 5.41) is 0. The SMILES string of the molecule is COCCOCCOCCOC(=O)c1cccnc1.COCCOCCOCCOC(=O)c1cccnc1.F[P-](F)(F)(F)(F)F.[Ag+]. The van der Waals surface area contributed by atoms with Crippen molar-refractivity contribution in [1.82, 2.24) is 9.97 Å². The number of carbonyl (C=O) groups excluding carboxylic acids is 2. The van der Waals surface area contributed by atoms with Gasteiger partial charge in [-0.2, -0.15) is 0 Å². The van der Waals surface area contributed by atoms with Crippen molar-refractivity contribution in [3.05, 3.63) is 60.2 Å². The first-order valence-corrected chi connectivity index (χ1v) is 15.2. The molecule has 46 heavy (non-hydrogen) atoms. The third kappa shape index (κ3) is 36.2. The van der Waals surface area contributed by atoms with Crippen LogP contribution in [0.25, 0.3) is 0 Å². The Labute approximate surface area is 278 Å². The van der Waals surface area contributed by atoms with Crippen LogP contribution < -0.4 is 0 Å². The fourth-order valence-corrected chi connectivity index (χ4v) is 2.45. The summed E-state index contributed by atoms with van der Waals surface area (Å²) in [5.74, 6) is -0.791. The van der Waals surface area contributed by atoms with E-state index in [0.717, 1.165) is 0 Å². The molecule has 270 valence electrons. The summed E-state index contributed by atoms with van der Waals surface area (Å²) in [6, 6.07) is 6.68. The van der Waals surface area contributed by atoms with Gasteiger partial charge in [-0.25, -0.2) is 9.59 Å². The summed E-state index contributed by atoms with van der Waals surface area (Å²) in [4.78, 5) is 30.7. The molecule has 0 N–H and O–H groups in total. The van der Waals surface area contributed by atoms with Crippen molar-refractivity contribution < 1.29 is 95.0 Å². The Morgan fingerprint density at radius 1 is 0.565 bits per heavy atom. The molecule has 12 nitrogen and oxygen atoms in total. The second kappa shape index (κ2) is 24.9. The van der Waals surface area contributed by atoms with Gasteiger partial charge in [0, 0.05) is 39.0 Å². The Hall–Kier alpha value is -2.25. The zero-order chi connectivity index (χ0) is 33.9. The summed E-state index contributed by atoms with van der Waals surface area (Å²) in [7, 11) is -7.41. The Balaban J connectivity index is 0. The maximum Gasteiger partial charge on any atom is 1.00 e. The molecule has 0 aliphatic carbocycles. The third-order valence-electron chi connectivity index (χ3n) is 4.32. The predicted octanol–water partition coefficient (Wildman–Crippen LogP) is 5.22. The molecule has 0 spiro atoms. The summed E-state index contributed by atoms with van der Waals surface area (Å²) < 4.78 is 99.8. The number of esters is 2. The van der Waals surface area contributed by atoms with Crippen molar-refractivity contribution in [1.29, 1.82) is 0 Å². The van der Waals surface area contributed by atoms with Gasteiger partial charge in [-0.1, -0.05) is 0 Å². The van der Waals surface area contributed by atoms with Crippen LogP contribution in [0.2, 0.25) is 0 Å². The molecule has 0 unspecified atom stereocenters. The molecule has 0 amide bonds. The standard InChI is InChI=1S/2C13H19NO5.Ag.F6P/c2*1-16-5-6-17-7-8-18-9-10-19-13(15)12-3-2-4-14-11-12;;1-7(2,3,4,5)6/h2*2-4,11H,5-10H2,1H3;;/q;;+1;-1. The van der Waals surface area contributed by atoms with E-state index in [0.29, 0.717) is 77.2 Å². The van der Waals surface area contributed by atoms with E-state index in [1.165, 1.54) is 12.4 Å². The molecule has 0 aliphatic rings. The molecule has 0 saturated heterocycles. The van der Waals surface area contributed by atoms with Crippen LogP contribution in [-0.2, 0) is 60.3 Å². The van der Waals surface area contributed by atoms with Crippen molar-refractivity contribution in [2.45, 2.75) is 0 Å². The van der Waals surface area contributed by atoms with Crippen molar-refractivity contribution in [3.8, 4) is 0 Å². The second-order valence-corrected chi connectivity index (χ2v) is 10.1. The van der Waals surface area contributed by atoms with E-state index in [-0.39, 0.29) is 35.6 Å². The maximum atomic E-state index is 11.5. The number of nitrogens with zero attached hydrogens (tertiary/aromatic N) is 2. The van der Waals surface area contributed by atoms with E-state index in [1.807, 2.05) is 0 Å². The molecule has 0 atom stereocenters. The van der Waals surface area contributed by atoms with Gasteiger partial charge in [-0.05, 0) is 24.3 Å². The van der Waals surface area contributed by atoms with Crippen LogP contribution in [0.15, 0.2) is 49.1 Å². The second-order valence-electron chi connectivity index (χ2n) is 8.15. The van der Waals surface area contributed by atoms with Crippen molar-refractivity contribution >= 4 is 19.7 Å². The molecule has 0 saturated carbocycles. The minimum absolute atomic E-state index is 0. The van der Waals surface area contributed by atoms with E-state index < -0.39 is 19.7 Å². The molecular formula is C26H38AgF6N2O10P.